The van der Waals surface area contributed by atoms with Gasteiger partial charge in [-0.2, -0.15) is 0 Å². The third-order valence-electron chi connectivity index (χ3n) is 0.805. The summed E-state index contributed by atoms with van der Waals surface area (Å²) in [5.74, 6) is -3.54. The van der Waals surface area contributed by atoms with Crippen molar-refractivity contribution in [3.8, 4) is 0 Å². The summed E-state index contributed by atoms with van der Waals surface area (Å²) in [5.41, 5.74) is 0. The van der Waals surface area contributed by atoms with Crippen LogP contribution in [0.25, 0.3) is 0 Å². The Balaban J connectivity index is -0.000000135. The van der Waals surface area contributed by atoms with Gasteiger partial charge in [-0.1, -0.05) is 0 Å². The normalized spacial score (nSPS) is 12.2. The zero-order valence-corrected chi connectivity index (χ0v) is 10.7. The van der Waals surface area contributed by atoms with Crippen LogP contribution in [0, 0.1) is 0 Å². The molecule has 9 heteroatoms. The van der Waals surface area contributed by atoms with Crippen molar-refractivity contribution in [1.82, 2.24) is 0 Å². The Bertz CT molecular complexity index is 147. The number of aliphatic carboxylic acids is 2. The fourth-order valence-corrected chi connectivity index (χ4v) is 0.270. The molecule has 0 radical (unpaired) electrons. The van der Waals surface area contributed by atoms with E-state index in [0.717, 1.165) is 0 Å². The average Bonchev–Trinajstić information content (AvgIpc) is 1.84. The second-order valence-corrected chi connectivity index (χ2v) is 1.57. The number of rotatable bonds is 3. The Morgan fingerprint density at radius 2 is 1.00 bits per heavy atom. The van der Waals surface area contributed by atoms with E-state index in [-0.39, 0.29) is 44.3 Å². The molecule has 0 amide bonds. The maximum absolute atomic E-state index is 9.77. The summed E-state index contributed by atoms with van der Waals surface area (Å²) in [6.45, 7) is 0. The van der Waals surface area contributed by atoms with Gasteiger partial charge < -0.3 is 45.2 Å². The number of aliphatic hydroxyl groups is 2. The molecule has 0 aliphatic carbocycles. The van der Waals surface area contributed by atoms with Crippen LogP contribution >= 0.6 is 0 Å². The van der Waals surface area contributed by atoms with E-state index in [9.17, 15) is 9.59 Å². The fourth-order valence-electron chi connectivity index (χ4n) is 0.270. The minimum atomic E-state index is -2.27. The standard InChI is InChI=1S/C4H6O6.2ClH.Zn/c5-1(3(7)8)2(6)4(9)10;;;/h1-2,5-6H,(H,7,8)(H,9,10);2*1H;/q;;;+2/p-2. The number of carboxylic acids is 2. The number of halogens is 2. The van der Waals surface area contributed by atoms with E-state index in [1.165, 1.54) is 0 Å². The van der Waals surface area contributed by atoms with Gasteiger partial charge in [-0.05, 0) is 0 Å². The molecule has 0 rings (SSSR count). The molecule has 0 saturated heterocycles. The third-order valence-corrected chi connectivity index (χ3v) is 0.805. The van der Waals surface area contributed by atoms with Crippen molar-refractivity contribution in [3.63, 3.8) is 0 Å². The van der Waals surface area contributed by atoms with Gasteiger partial charge in [0.25, 0.3) is 0 Å². The SMILES string of the molecule is O=C(O)C(O)C(O)C(=O)O.[Cl-].[Cl-].[Zn+2]. The van der Waals surface area contributed by atoms with Crippen LogP contribution in [0.2, 0.25) is 0 Å². The fraction of sp³-hybridized carbons (Fsp3) is 0.500. The van der Waals surface area contributed by atoms with Crippen molar-refractivity contribution in [2.45, 2.75) is 12.2 Å². The second kappa shape index (κ2) is 10.1. The van der Waals surface area contributed by atoms with Crippen molar-refractivity contribution in [1.29, 1.82) is 0 Å². The molecule has 13 heavy (non-hydrogen) atoms. The predicted molar refractivity (Wildman–Crippen MR) is 27.3 cm³/mol. The zero-order valence-electron chi connectivity index (χ0n) is 6.22. The summed E-state index contributed by atoms with van der Waals surface area (Å²) >= 11 is 0. The maximum Gasteiger partial charge on any atom is 2.00 e. The molecule has 4 N–H and O–H groups in total. The van der Waals surface area contributed by atoms with Gasteiger partial charge >= 0.3 is 31.4 Å². The van der Waals surface area contributed by atoms with Crippen LogP contribution in [0.4, 0.5) is 0 Å². The topological polar surface area (TPSA) is 115 Å². The van der Waals surface area contributed by atoms with Gasteiger partial charge in [0.2, 0.25) is 0 Å². The number of hydrogen-bond donors (Lipinski definition) is 4. The smallest absolute Gasteiger partial charge is 1.00 e. The largest absolute Gasteiger partial charge is 2.00 e. The Morgan fingerprint density at radius 3 is 1.08 bits per heavy atom. The van der Waals surface area contributed by atoms with E-state index in [1.807, 2.05) is 0 Å². The van der Waals surface area contributed by atoms with Crippen LogP contribution in [0.3, 0.4) is 0 Å². The molecule has 0 aromatic carbocycles. The van der Waals surface area contributed by atoms with Crippen LogP contribution in [0.1, 0.15) is 0 Å². The summed E-state index contributed by atoms with van der Waals surface area (Å²) in [6.07, 6.45) is -4.53. The molecule has 0 fully saturated rings. The minimum absolute atomic E-state index is 0. The van der Waals surface area contributed by atoms with E-state index in [0.29, 0.717) is 0 Å². The first-order valence-corrected chi connectivity index (χ1v) is 2.28. The summed E-state index contributed by atoms with van der Waals surface area (Å²) in [7, 11) is 0. The van der Waals surface area contributed by atoms with Gasteiger partial charge in [-0.3, -0.25) is 0 Å². The van der Waals surface area contributed by atoms with Crippen LogP contribution in [0.15, 0.2) is 0 Å². The first-order valence-electron chi connectivity index (χ1n) is 2.28. The average molecular weight is 286 g/mol. The van der Waals surface area contributed by atoms with Gasteiger partial charge in [-0.25, -0.2) is 9.59 Å². The molecule has 0 aliphatic rings. The van der Waals surface area contributed by atoms with Crippen molar-refractivity contribution in [3.05, 3.63) is 0 Å². The first kappa shape index (κ1) is 23.1. The van der Waals surface area contributed by atoms with E-state index >= 15 is 0 Å². The molecule has 0 aromatic heterocycles. The van der Waals surface area contributed by atoms with Crippen LogP contribution < -0.4 is 24.8 Å². The Morgan fingerprint density at radius 1 is 0.846 bits per heavy atom. The summed E-state index contributed by atoms with van der Waals surface area (Å²) < 4.78 is 0. The molecule has 74 valence electrons. The minimum Gasteiger partial charge on any atom is -1.00 e. The number of aliphatic hydroxyl groups excluding tert-OH is 2. The predicted octanol–water partition coefficient (Wildman–Crippen LogP) is -8.12. The molecule has 2 unspecified atom stereocenters. The van der Waals surface area contributed by atoms with Gasteiger partial charge in [0.15, 0.2) is 12.2 Å². The number of carboxylic acid groups (broad SMARTS) is 2. The Hall–Kier alpha value is 0.0634. The summed E-state index contributed by atoms with van der Waals surface area (Å²) in [6, 6.07) is 0. The van der Waals surface area contributed by atoms with Crippen LogP contribution in [-0.4, -0.2) is 44.6 Å². The van der Waals surface area contributed by atoms with E-state index < -0.39 is 24.1 Å². The van der Waals surface area contributed by atoms with Crippen molar-refractivity contribution >= 4 is 11.9 Å². The van der Waals surface area contributed by atoms with Gasteiger partial charge in [0.05, 0.1) is 0 Å². The molecular weight excluding hydrogens is 280 g/mol. The van der Waals surface area contributed by atoms with Crippen molar-refractivity contribution in [2.75, 3.05) is 0 Å². The van der Waals surface area contributed by atoms with E-state index in [1.54, 1.807) is 0 Å². The number of carbonyl (C=O) groups is 2. The molecule has 0 aliphatic heterocycles. The van der Waals surface area contributed by atoms with Crippen molar-refractivity contribution in [2.24, 2.45) is 0 Å². The molecule has 0 spiro atoms. The van der Waals surface area contributed by atoms with E-state index in [2.05, 4.69) is 0 Å². The van der Waals surface area contributed by atoms with Crippen molar-refractivity contribution < 1.29 is 74.3 Å². The van der Waals surface area contributed by atoms with Crippen LogP contribution in [-0.2, 0) is 29.1 Å². The van der Waals surface area contributed by atoms with Gasteiger partial charge in [0.1, 0.15) is 0 Å². The van der Waals surface area contributed by atoms with Crippen LogP contribution in [0.5, 0.6) is 0 Å². The number of hydrogen-bond acceptors (Lipinski definition) is 4. The Kier molecular flexibility index (Phi) is 18.1. The zero-order chi connectivity index (χ0) is 8.31. The summed E-state index contributed by atoms with van der Waals surface area (Å²) in [5, 5.41) is 32.5. The van der Waals surface area contributed by atoms with Gasteiger partial charge in [-0.15, -0.1) is 0 Å². The molecule has 6 nitrogen and oxygen atoms in total. The molecular formula is C4H6Cl2O6Zn. The van der Waals surface area contributed by atoms with Gasteiger partial charge in [0, 0.05) is 0 Å². The monoisotopic (exact) mass is 284 g/mol. The molecule has 0 bridgehead atoms. The molecule has 0 aromatic rings. The summed E-state index contributed by atoms with van der Waals surface area (Å²) in [4.78, 5) is 19.5. The second-order valence-electron chi connectivity index (χ2n) is 1.57. The maximum atomic E-state index is 9.77. The Labute approximate surface area is 98.5 Å². The first-order chi connectivity index (χ1) is 4.46. The quantitative estimate of drug-likeness (QED) is 0.383. The third kappa shape index (κ3) is 8.39. The molecule has 0 saturated carbocycles. The molecule has 2 atom stereocenters. The molecule has 0 heterocycles. The van der Waals surface area contributed by atoms with E-state index in [4.69, 9.17) is 20.4 Å².